The Kier molecular flexibility index (Phi) is 5.56. The van der Waals surface area contributed by atoms with Gasteiger partial charge in [0.1, 0.15) is 5.75 Å². The van der Waals surface area contributed by atoms with E-state index in [1.807, 2.05) is 47.1 Å². The summed E-state index contributed by atoms with van der Waals surface area (Å²) in [6.45, 7) is 3.95. The highest BCUT2D eigenvalue weighted by Crippen LogP contribution is 2.39. The van der Waals surface area contributed by atoms with Crippen molar-refractivity contribution in [2.24, 2.45) is 5.92 Å². The van der Waals surface area contributed by atoms with E-state index >= 15 is 0 Å². The Morgan fingerprint density at radius 1 is 1.10 bits per heavy atom. The standard InChI is InChI=1S/C24H28N2O3/c1-3-26-22(27)12-11-21(23(26)18-9-6-10-20(15-18)29-2)24(28)25-14-13-17-7-4-5-8-19(17)16-25/h4-10,15,21,23H,3,11-14,16H2,1-2H3/t21-,23+/m1/s1. The van der Waals surface area contributed by atoms with Gasteiger partial charge in [-0.2, -0.15) is 0 Å². The van der Waals surface area contributed by atoms with Gasteiger partial charge in [0.05, 0.1) is 19.1 Å². The number of nitrogens with zero attached hydrogens (tertiary/aromatic N) is 2. The molecule has 4 rings (SSSR count). The van der Waals surface area contributed by atoms with Crippen molar-refractivity contribution in [3.8, 4) is 5.75 Å². The van der Waals surface area contributed by atoms with Crippen LogP contribution in [0.4, 0.5) is 0 Å². The van der Waals surface area contributed by atoms with Crippen LogP contribution in [0.5, 0.6) is 5.75 Å². The largest absolute Gasteiger partial charge is 0.497 e. The number of amides is 2. The lowest BCUT2D eigenvalue weighted by atomic mass is 9.82. The van der Waals surface area contributed by atoms with Crippen LogP contribution < -0.4 is 4.74 Å². The van der Waals surface area contributed by atoms with Crippen molar-refractivity contribution in [2.75, 3.05) is 20.2 Å². The van der Waals surface area contributed by atoms with Crippen LogP contribution in [0.3, 0.4) is 0 Å². The molecule has 0 aliphatic carbocycles. The first kappa shape index (κ1) is 19.5. The van der Waals surface area contributed by atoms with Gasteiger partial charge in [-0.1, -0.05) is 36.4 Å². The zero-order chi connectivity index (χ0) is 20.4. The number of fused-ring (bicyclic) bond motifs is 1. The van der Waals surface area contributed by atoms with E-state index in [9.17, 15) is 9.59 Å². The third kappa shape index (κ3) is 3.74. The highest BCUT2D eigenvalue weighted by molar-refractivity contribution is 5.85. The summed E-state index contributed by atoms with van der Waals surface area (Å²) < 4.78 is 5.39. The highest BCUT2D eigenvalue weighted by Gasteiger charge is 2.42. The van der Waals surface area contributed by atoms with Crippen LogP contribution in [0.2, 0.25) is 0 Å². The van der Waals surface area contributed by atoms with Gasteiger partial charge in [0.15, 0.2) is 0 Å². The molecule has 2 aromatic carbocycles. The van der Waals surface area contributed by atoms with Crippen molar-refractivity contribution in [1.29, 1.82) is 0 Å². The number of piperidine rings is 1. The average molecular weight is 392 g/mol. The molecule has 2 heterocycles. The molecule has 2 atom stereocenters. The molecule has 2 aliphatic rings. The molecule has 0 aromatic heterocycles. The quantitative estimate of drug-likeness (QED) is 0.799. The van der Waals surface area contributed by atoms with Gasteiger partial charge in [-0.15, -0.1) is 0 Å². The molecule has 1 saturated heterocycles. The Hall–Kier alpha value is -2.82. The molecule has 0 saturated carbocycles. The Morgan fingerprint density at radius 2 is 1.90 bits per heavy atom. The van der Waals surface area contributed by atoms with Gasteiger partial charge in [-0.25, -0.2) is 0 Å². The Morgan fingerprint density at radius 3 is 2.66 bits per heavy atom. The lowest BCUT2D eigenvalue weighted by Crippen LogP contribution is -2.49. The maximum Gasteiger partial charge on any atom is 0.228 e. The molecule has 0 unspecified atom stereocenters. The van der Waals surface area contributed by atoms with E-state index in [0.29, 0.717) is 25.9 Å². The Labute approximate surface area is 172 Å². The normalized spacial score (nSPS) is 21.7. The van der Waals surface area contributed by atoms with E-state index in [4.69, 9.17) is 4.74 Å². The minimum atomic E-state index is -0.249. The molecular formula is C24H28N2O3. The fourth-order valence-electron chi connectivity index (χ4n) is 4.74. The number of hydrogen-bond acceptors (Lipinski definition) is 3. The summed E-state index contributed by atoms with van der Waals surface area (Å²) in [6.07, 6.45) is 1.90. The number of ether oxygens (including phenoxy) is 1. The summed E-state index contributed by atoms with van der Waals surface area (Å²) in [5.74, 6) is 0.784. The van der Waals surface area contributed by atoms with Crippen molar-refractivity contribution < 1.29 is 14.3 Å². The number of hydrogen-bond donors (Lipinski definition) is 0. The van der Waals surface area contributed by atoms with Crippen LogP contribution in [0.15, 0.2) is 48.5 Å². The molecule has 1 fully saturated rings. The maximum absolute atomic E-state index is 13.6. The van der Waals surface area contributed by atoms with Gasteiger partial charge >= 0.3 is 0 Å². The SMILES string of the molecule is CCN1C(=O)CC[C@@H](C(=O)N2CCc3ccccc3C2)[C@@H]1c1cccc(OC)c1. The molecule has 0 bridgehead atoms. The fraction of sp³-hybridized carbons (Fsp3) is 0.417. The first-order valence-electron chi connectivity index (χ1n) is 10.4. The molecule has 0 N–H and O–H groups in total. The zero-order valence-corrected chi connectivity index (χ0v) is 17.1. The summed E-state index contributed by atoms with van der Waals surface area (Å²) in [5.41, 5.74) is 3.52. The summed E-state index contributed by atoms with van der Waals surface area (Å²) in [5, 5.41) is 0. The molecule has 152 valence electrons. The summed E-state index contributed by atoms with van der Waals surface area (Å²) in [6, 6.07) is 15.9. The molecule has 0 spiro atoms. The smallest absolute Gasteiger partial charge is 0.228 e. The molecule has 2 aromatic rings. The summed E-state index contributed by atoms with van der Waals surface area (Å²) in [4.78, 5) is 30.1. The number of likely N-dealkylation sites (tertiary alicyclic amines) is 1. The third-order valence-corrected chi connectivity index (χ3v) is 6.24. The molecular weight excluding hydrogens is 364 g/mol. The number of benzene rings is 2. The first-order chi connectivity index (χ1) is 14.1. The van der Waals surface area contributed by atoms with Gasteiger partial charge in [0.25, 0.3) is 0 Å². The molecule has 2 amide bonds. The minimum absolute atomic E-state index is 0.119. The van der Waals surface area contributed by atoms with Crippen LogP contribution in [0.1, 0.15) is 42.5 Å². The van der Waals surface area contributed by atoms with Crippen molar-refractivity contribution in [3.05, 3.63) is 65.2 Å². The molecule has 5 nitrogen and oxygen atoms in total. The van der Waals surface area contributed by atoms with E-state index in [-0.39, 0.29) is 23.8 Å². The number of rotatable bonds is 4. The van der Waals surface area contributed by atoms with Gasteiger partial charge < -0.3 is 14.5 Å². The minimum Gasteiger partial charge on any atom is -0.497 e. The van der Waals surface area contributed by atoms with Crippen LogP contribution in [0, 0.1) is 5.92 Å². The zero-order valence-electron chi connectivity index (χ0n) is 17.1. The second-order valence-electron chi connectivity index (χ2n) is 7.82. The lowest BCUT2D eigenvalue weighted by molar-refractivity contribution is -0.148. The molecule has 29 heavy (non-hydrogen) atoms. The molecule has 2 aliphatic heterocycles. The Bertz CT molecular complexity index is 911. The maximum atomic E-state index is 13.6. The van der Waals surface area contributed by atoms with Crippen molar-refractivity contribution in [2.45, 2.75) is 38.8 Å². The number of methoxy groups -OCH3 is 1. The predicted molar refractivity (Wildman–Crippen MR) is 111 cm³/mol. The van der Waals surface area contributed by atoms with Crippen molar-refractivity contribution in [3.63, 3.8) is 0 Å². The lowest BCUT2D eigenvalue weighted by Gasteiger charge is -2.42. The number of carbonyl (C=O) groups is 2. The van der Waals surface area contributed by atoms with Crippen LogP contribution >= 0.6 is 0 Å². The van der Waals surface area contributed by atoms with Crippen LogP contribution in [-0.4, -0.2) is 41.8 Å². The summed E-state index contributed by atoms with van der Waals surface area (Å²) in [7, 11) is 1.64. The number of carbonyl (C=O) groups excluding carboxylic acids is 2. The monoisotopic (exact) mass is 392 g/mol. The van der Waals surface area contributed by atoms with Gasteiger partial charge in [-0.05, 0) is 48.6 Å². The molecule has 0 radical (unpaired) electrons. The summed E-state index contributed by atoms with van der Waals surface area (Å²) >= 11 is 0. The van der Waals surface area contributed by atoms with Gasteiger partial charge in [0, 0.05) is 26.1 Å². The van der Waals surface area contributed by atoms with E-state index in [0.717, 1.165) is 24.3 Å². The van der Waals surface area contributed by atoms with Gasteiger partial charge in [-0.3, -0.25) is 9.59 Å². The van der Waals surface area contributed by atoms with E-state index < -0.39 is 0 Å². The van der Waals surface area contributed by atoms with E-state index in [2.05, 4.69) is 18.2 Å². The fourth-order valence-corrected chi connectivity index (χ4v) is 4.74. The van der Waals surface area contributed by atoms with E-state index in [1.165, 1.54) is 11.1 Å². The highest BCUT2D eigenvalue weighted by atomic mass is 16.5. The third-order valence-electron chi connectivity index (χ3n) is 6.24. The molecule has 5 heteroatoms. The second kappa shape index (κ2) is 8.27. The average Bonchev–Trinajstić information content (AvgIpc) is 2.78. The van der Waals surface area contributed by atoms with Crippen molar-refractivity contribution >= 4 is 11.8 Å². The topological polar surface area (TPSA) is 49.9 Å². The van der Waals surface area contributed by atoms with Gasteiger partial charge in [0.2, 0.25) is 11.8 Å². The van der Waals surface area contributed by atoms with Crippen LogP contribution in [-0.2, 0) is 22.6 Å². The predicted octanol–water partition coefficient (Wildman–Crippen LogP) is 3.58. The Balaban J connectivity index is 1.65. The second-order valence-corrected chi connectivity index (χ2v) is 7.82. The van der Waals surface area contributed by atoms with E-state index in [1.54, 1.807) is 7.11 Å². The van der Waals surface area contributed by atoms with Crippen molar-refractivity contribution in [1.82, 2.24) is 9.80 Å². The first-order valence-corrected chi connectivity index (χ1v) is 10.4. The van der Waals surface area contributed by atoms with Crippen LogP contribution in [0.25, 0.3) is 0 Å².